The van der Waals surface area contributed by atoms with Gasteiger partial charge in [-0.25, -0.2) is 27.9 Å². The second-order valence-corrected chi connectivity index (χ2v) is 8.99. The van der Waals surface area contributed by atoms with Crippen LogP contribution in [-0.4, -0.2) is 45.1 Å². The summed E-state index contributed by atoms with van der Waals surface area (Å²) in [5, 5.41) is 0.403. The molecule has 2 aromatic carbocycles. The number of H-pyrrole nitrogens is 1. The van der Waals surface area contributed by atoms with E-state index in [4.69, 9.17) is 5.73 Å². The van der Waals surface area contributed by atoms with Gasteiger partial charge in [0.1, 0.15) is 41.3 Å². The molecule has 4 aromatic rings. The molecule has 2 aromatic heterocycles. The molecular weight excluding hydrogens is 514 g/mol. The molecule has 7 nitrogen and oxygen atoms in total. The maximum absolute atomic E-state index is 15.5. The van der Waals surface area contributed by atoms with Gasteiger partial charge in [0.15, 0.2) is 0 Å². The summed E-state index contributed by atoms with van der Waals surface area (Å²) in [6.07, 6.45) is -4.79. The van der Waals surface area contributed by atoms with E-state index in [1.54, 1.807) is 13.8 Å². The number of nitrogens with one attached hydrogen (secondary N) is 1. The lowest BCUT2D eigenvalue weighted by Gasteiger charge is -2.24. The maximum Gasteiger partial charge on any atom is 0.406 e. The number of rotatable bonds is 4. The van der Waals surface area contributed by atoms with Gasteiger partial charge in [0.2, 0.25) is 0 Å². The van der Waals surface area contributed by atoms with Crippen molar-refractivity contribution in [3.05, 3.63) is 70.9 Å². The lowest BCUT2D eigenvalue weighted by molar-refractivity contribution is -0.141. The minimum Gasteiger partial charge on any atom is -0.383 e. The monoisotopic (exact) mass is 534 g/mol. The molecule has 1 atom stereocenters. The number of benzene rings is 2. The van der Waals surface area contributed by atoms with Gasteiger partial charge in [0.05, 0.1) is 18.0 Å². The first-order valence-corrected chi connectivity index (χ1v) is 11.4. The zero-order valence-electron chi connectivity index (χ0n) is 20.0. The molecule has 0 bridgehead atoms. The fourth-order valence-electron chi connectivity index (χ4n) is 4.83. The number of aryl methyl sites for hydroxylation is 2. The average Bonchev–Trinajstić information content (AvgIpc) is 3.29. The summed E-state index contributed by atoms with van der Waals surface area (Å²) in [6.45, 7) is 1.27. The standard InChI is InChI=1S/C25H20F6N6O/c1-11-20(21-22(32)34-12(2)35-23(21)33-11)16-6-4-14(8-18(16)28)36-9-19(15-5-3-13(26)7-17(15)27)37(24(36)38)10-25(29,30)31/h3-8,19H,9-10H2,1-2H3,(H3,32,33,34,35). The van der Waals surface area contributed by atoms with Crippen LogP contribution in [0.15, 0.2) is 36.4 Å². The Balaban J connectivity index is 1.55. The molecule has 0 aliphatic carbocycles. The number of amides is 2. The number of halogens is 6. The summed E-state index contributed by atoms with van der Waals surface area (Å²) in [4.78, 5) is 25.9. The van der Waals surface area contributed by atoms with Crippen LogP contribution in [-0.2, 0) is 0 Å². The molecule has 1 fully saturated rings. The Kier molecular flexibility index (Phi) is 5.96. The van der Waals surface area contributed by atoms with Crippen LogP contribution >= 0.6 is 0 Å². The van der Waals surface area contributed by atoms with Crippen molar-refractivity contribution >= 4 is 28.6 Å². The molecule has 3 heterocycles. The quantitative estimate of drug-likeness (QED) is 0.325. The molecule has 1 unspecified atom stereocenters. The number of carbonyl (C=O) groups is 1. The fraction of sp³-hybridized carbons (Fsp3) is 0.240. The van der Waals surface area contributed by atoms with Crippen LogP contribution in [0.4, 0.5) is 42.6 Å². The van der Waals surface area contributed by atoms with Gasteiger partial charge in [-0.1, -0.05) is 6.07 Å². The first-order valence-electron chi connectivity index (χ1n) is 11.4. The number of alkyl halides is 3. The topological polar surface area (TPSA) is 91.1 Å². The van der Waals surface area contributed by atoms with E-state index in [1.807, 2.05) is 0 Å². The molecule has 2 amide bonds. The summed E-state index contributed by atoms with van der Waals surface area (Å²) >= 11 is 0. The van der Waals surface area contributed by atoms with Crippen LogP contribution < -0.4 is 10.6 Å². The first kappa shape index (κ1) is 25.4. The molecule has 0 spiro atoms. The third-order valence-electron chi connectivity index (χ3n) is 6.39. The van der Waals surface area contributed by atoms with Crippen molar-refractivity contribution in [3.63, 3.8) is 0 Å². The van der Waals surface area contributed by atoms with Crippen LogP contribution in [0.2, 0.25) is 0 Å². The van der Waals surface area contributed by atoms with Gasteiger partial charge in [-0.2, -0.15) is 13.2 Å². The number of urea groups is 1. The number of hydrogen-bond donors (Lipinski definition) is 2. The lowest BCUT2D eigenvalue weighted by atomic mass is 10.0. The van der Waals surface area contributed by atoms with Crippen LogP contribution in [0.1, 0.15) is 23.1 Å². The number of nitrogens with two attached hydrogens (primary N) is 1. The Labute approximate surface area is 211 Å². The predicted molar refractivity (Wildman–Crippen MR) is 128 cm³/mol. The highest BCUT2D eigenvalue weighted by Gasteiger charge is 2.45. The number of carbonyl (C=O) groups excluding carboxylic acids is 1. The summed E-state index contributed by atoms with van der Waals surface area (Å²) in [5.41, 5.74) is 7.22. The van der Waals surface area contributed by atoms with Gasteiger partial charge >= 0.3 is 12.2 Å². The molecule has 1 saturated heterocycles. The number of hydrogen-bond acceptors (Lipinski definition) is 4. The van der Waals surface area contributed by atoms with Crippen molar-refractivity contribution in [2.75, 3.05) is 23.7 Å². The Morgan fingerprint density at radius 1 is 1.05 bits per heavy atom. The van der Waals surface area contributed by atoms with Crippen LogP contribution in [0, 0.1) is 31.3 Å². The normalized spacial score (nSPS) is 16.2. The highest BCUT2D eigenvalue weighted by atomic mass is 19.4. The molecule has 0 saturated carbocycles. The zero-order chi connectivity index (χ0) is 27.5. The molecule has 0 radical (unpaired) electrons. The minimum atomic E-state index is -4.79. The molecule has 198 valence electrons. The molecule has 1 aliphatic rings. The number of fused-ring (bicyclic) bond motifs is 1. The van der Waals surface area contributed by atoms with E-state index < -0.39 is 48.8 Å². The number of nitrogens with zero attached hydrogens (tertiary/aromatic N) is 4. The van der Waals surface area contributed by atoms with Crippen LogP contribution in [0.3, 0.4) is 0 Å². The van der Waals surface area contributed by atoms with Crippen molar-refractivity contribution in [3.8, 4) is 11.1 Å². The second-order valence-electron chi connectivity index (χ2n) is 8.99. The van der Waals surface area contributed by atoms with Crippen molar-refractivity contribution in [2.24, 2.45) is 0 Å². The van der Waals surface area contributed by atoms with Gasteiger partial charge in [0.25, 0.3) is 0 Å². The van der Waals surface area contributed by atoms with Crippen molar-refractivity contribution in [1.29, 1.82) is 0 Å². The van der Waals surface area contributed by atoms with Crippen LogP contribution in [0.25, 0.3) is 22.2 Å². The molecule has 3 N–H and O–H groups in total. The van der Waals surface area contributed by atoms with E-state index in [2.05, 4.69) is 15.0 Å². The largest absolute Gasteiger partial charge is 0.406 e. The Bertz CT molecular complexity index is 1580. The second kappa shape index (κ2) is 8.92. The molecule has 5 rings (SSSR count). The smallest absolute Gasteiger partial charge is 0.383 e. The molecule has 13 heteroatoms. The highest BCUT2D eigenvalue weighted by Crippen LogP contribution is 2.40. The summed E-state index contributed by atoms with van der Waals surface area (Å²) in [6, 6.07) is 3.68. The van der Waals surface area contributed by atoms with E-state index in [1.165, 1.54) is 12.1 Å². The van der Waals surface area contributed by atoms with Gasteiger partial charge in [0, 0.05) is 34.1 Å². The zero-order valence-corrected chi connectivity index (χ0v) is 20.0. The van der Waals surface area contributed by atoms with Crippen LogP contribution in [0.5, 0.6) is 0 Å². The summed E-state index contributed by atoms with van der Waals surface area (Å²) < 4.78 is 83.3. The molecule has 1 aliphatic heterocycles. The van der Waals surface area contributed by atoms with Crippen molar-refractivity contribution in [2.45, 2.75) is 26.1 Å². The number of anilines is 2. The maximum atomic E-state index is 15.5. The van der Waals surface area contributed by atoms with Gasteiger partial charge < -0.3 is 15.6 Å². The van der Waals surface area contributed by atoms with Crippen molar-refractivity contribution in [1.82, 2.24) is 19.9 Å². The van der Waals surface area contributed by atoms with E-state index >= 15 is 4.39 Å². The fourth-order valence-corrected chi connectivity index (χ4v) is 4.83. The number of aromatic amines is 1. The Hall–Kier alpha value is -4.29. The number of aromatic nitrogens is 3. The third-order valence-corrected chi connectivity index (χ3v) is 6.39. The number of nitrogen functional groups attached to an aromatic ring is 1. The first-order chi connectivity index (χ1) is 17.8. The van der Waals surface area contributed by atoms with E-state index in [0.29, 0.717) is 39.1 Å². The third kappa shape index (κ3) is 4.37. The van der Waals surface area contributed by atoms with E-state index in [-0.39, 0.29) is 22.6 Å². The Morgan fingerprint density at radius 3 is 2.45 bits per heavy atom. The van der Waals surface area contributed by atoms with Gasteiger partial charge in [-0.15, -0.1) is 0 Å². The predicted octanol–water partition coefficient (Wildman–Crippen LogP) is 5.79. The van der Waals surface area contributed by atoms with Crippen molar-refractivity contribution < 1.29 is 31.1 Å². The molecular formula is C25H20F6N6O. The van der Waals surface area contributed by atoms with E-state index in [0.717, 1.165) is 23.1 Å². The van der Waals surface area contributed by atoms with Gasteiger partial charge in [-0.3, -0.25) is 4.90 Å². The minimum absolute atomic E-state index is 0.0361. The SMILES string of the molecule is Cc1nc(N)c2c(-c3ccc(N4CC(c5ccc(F)cc5F)N(CC(F)(F)F)C4=O)cc3F)c(C)[nH]c2n1. The highest BCUT2D eigenvalue weighted by molar-refractivity contribution is 6.02. The van der Waals surface area contributed by atoms with E-state index in [9.17, 15) is 26.7 Å². The lowest BCUT2D eigenvalue weighted by Crippen LogP contribution is -2.39. The molecule has 38 heavy (non-hydrogen) atoms. The average molecular weight is 534 g/mol. The Morgan fingerprint density at radius 2 is 1.79 bits per heavy atom. The van der Waals surface area contributed by atoms with Gasteiger partial charge in [-0.05, 0) is 38.1 Å². The summed E-state index contributed by atoms with van der Waals surface area (Å²) in [5.74, 6) is -2.23. The summed E-state index contributed by atoms with van der Waals surface area (Å²) in [7, 11) is 0.